The molecule has 1 N–H and O–H groups in total. The van der Waals surface area contributed by atoms with Crippen molar-refractivity contribution >= 4 is 17.8 Å². The number of carbonyl (C=O) groups excluding carboxylic acids is 3. The highest BCUT2D eigenvalue weighted by atomic mass is 19.1. The summed E-state index contributed by atoms with van der Waals surface area (Å²) in [4.78, 5) is 42.1. The average Bonchev–Trinajstić information content (AvgIpc) is 2.99. The number of amides is 4. The van der Waals surface area contributed by atoms with Gasteiger partial charge >= 0.3 is 6.03 Å². The summed E-state index contributed by atoms with van der Waals surface area (Å²) in [5, 5.41) is 2.82. The molecule has 1 aliphatic heterocycles. The Bertz CT molecular complexity index is 776. The lowest BCUT2D eigenvalue weighted by atomic mass is 9.84. The normalized spacial score (nSPS) is 22.3. The largest absolute Gasteiger partial charge is 0.338 e. The highest BCUT2D eigenvalue weighted by Crippen LogP contribution is 2.34. The Hall–Kier alpha value is -2.44. The number of hydrogen-bond acceptors (Lipinski definition) is 3. The van der Waals surface area contributed by atoms with Gasteiger partial charge in [0, 0.05) is 12.6 Å². The zero-order valence-corrected chi connectivity index (χ0v) is 18.0. The van der Waals surface area contributed by atoms with Crippen molar-refractivity contribution in [3.8, 4) is 0 Å². The highest BCUT2D eigenvalue weighted by molar-refractivity contribution is 6.09. The number of benzene rings is 1. The van der Waals surface area contributed by atoms with E-state index in [1.807, 2.05) is 18.7 Å². The number of halogens is 1. The summed E-state index contributed by atoms with van der Waals surface area (Å²) >= 11 is 0. The van der Waals surface area contributed by atoms with Crippen LogP contribution in [0.5, 0.6) is 0 Å². The molecule has 0 bridgehead atoms. The smallest absolute Gasteiger partial charge is 0.325 e. The van der Waals surface area contributed by atoms with E-state index in [-0.39, 0.29) is 18.5 Å². The Morgan fingerprint density at radius 2 is 1.83 bits per heavy atom. The van der Waals surface area contributed by atoms with Gasteiger partial charge in [-0.15, -0.1) is 0 Å². The van der Waals surface area contributed by atoms with Gasteiger partial charge in [-0.05, 0) is 43.9 Å². The minimum Gasteiger partial charge on any atom is -0.338 e. The van der Waals surface area contributed by atoms with E-state index in [0.717, 1.165) is 37.0 Å². The molecule has 1 atom stereocenters. The lowest BCUT2D eigenvalue weighted by Gasteiger charge is -2.34. The molecule has 1 aliphatic carbocycles. The van der Waals surface area contributed by atoms with Crippen LogP contribution in [0, 0.1) is 5.82 Å². The summed E-state index contributed by atoms with van der Waals surface area (Å²) in [6.45, 7) is 4.24. The second-order valence-corrected chi connectivity index (χ2v) is 8.31. The molecule has 30 heavy (non-hydrogen) atoms. The second-order valence-electron chi connectivity index (χ2n) is 8.31. The van der Waals surface area contributed by atoms with Gasteiger partial charge < -0.3 is 10.2 Å². The number of imide groups is 1. The Labute approximate surface area is 177 Å². The number of hydrogen-bond donors (Lipinski definition) is 1. The summed E-state index contributed by atoms with van der Waals surface area (Å²) in [6, 6.07) is 5.27. The van der Waals surface area contributed by atoms with Crippen LogP contribution in [0.15, 0.2) is 24.3 Å². The molecule has 3 rings (SSSR count). The molecule has 1 aromatic rings. The van der Waals surface area contributed by atoms with Crippen molar-refractivity contribution in [1.82, 2.24) is 15.1 Å². The summed E-state index contributed by atoms with van der Waals surface area (Å²) in [7, 11) is 0. The summed E-state index contributed by atoms with van der Waals surface area (Å²) in [6.07, 6.45) is 7.29. The number of carbonyl (C=O) groups is 3. The van der Waals surface area contributed by atoms with Gasteiger partial charge in [-0.1, -0.05) is 51.2 Å². The van der Waals surface area contributed by atoms with Crippen molar-refractivity contribution in [2.75, 3.05) is 13.1 Å². The maximum absolute atomic E-state index is 13.4. The standard InChI is InChI=1S/C23H32FN3O3/c1-3-5-15-23(17-11-13-18(24)14-12-17)21(29)27(22(30)25-23)16-20(28)26(4-2)19-9-7-6-8-10-19/h11-14,19H,3-10,15-16H2,1-2H3,(H,25,30). The monoisotopic (exact) mass is 417 g/mol. The average molecular weight is 418 g/mol. The number of nitrogens with one attached hydrogen (secondary N) is 1. The van der Waals surface area contributed by atoms with Gasteiger partial charge in [-0.25, -0.2) is 9.18 Å². The predicted molar refractivity (Wildman–Crippen MR) is 112 cm³/mol. The maximum atomic E-state index is 13.4. The minimum atomic E-state index is -1.25. The van der Waals surface area contributed by atoms with E-state index in [1.165, 1.54) is 30.7 Å². The number of nitrogens with zero attached hydrogens (tertiary/aromatic N) is 2. The zero-order chi connectivity index (χ0) is 21.7. The van der Waals surface area contributed by atoms with Crippen LogP contribution in [-0.4, -0.2) is 46.8 Å². The Morgan fingerprint density at radius 3 is 2.43 bits per heavy atom. The number of urea groups is 1. The third kappa shape index (κ3) is 4.35. The molecular weight excluding hydrogens is 385 g/mol. The molecule has 0 radical (unpaired) electrons. The van der Waals surface area contributed by atoms with Crippen LogP contribution >= 0.6 is 0 Å². The van der Waals surface area contributed by atoms with Crippen LogP contribution in [0.3, 0.4) is 0 Å². The number of likely N-dealkylation sites (N-methyl/N-ethyl adjacent to an activating group) is 1. The highest BCUT2D eigenvalue weighted by Gasteiger charge is 2.52. The van der Waals surface area contributed by atoms with Crippen LogP contribution in [0.1, 0.15) is 70.8 Å². The molecule has 1 unspecified atom stereocenters. The van der Waals surface area contributed by atoms with Crippen LogP contribution in [0.2, 0.25) is 0 Å². The van der Waals surface area contributed by atoms with E-state index in [1.54, 1.807) is 0 Å². The first-order valence-corrected chi connectivity index (χ1v) is 11.1. The van der Waals surface area contributed by atoms with E-state index in [2.05, 4.69) is 5.32 Å². The summed E-state index contributed by atoms with van der Waals surface area (Å²) in [5.74, 6) is -1.03. The van der Waals surface area contributed by atoms with E-state index < -0.39 is 23.3 Å². The van der Waals surface area contributed by atoms with E-state index in [9.17, 15) is 18.8 Å². The van der Waals surface area contributed by atoms with Gasteiger partial charge in [0.1, 0.15) is 17.9 Å². The van der Waals surface area contributed by atoms with Crippen molar-refractivity contribution in [2.24, 2.45) is 0 Å². The molecule has 1 saturated heterocycles. The molecule has 0 spiro atoms. The molecule has 164 valence electrons. The molecule has 7 heteroatoms. The number of rotatable bonds is 8. The third-order valence-corrected chi connectivity index (χ3v) is 6.39. The van der Waals surface area contributed by atoms with Crippen LogP contribution in [-0.2, 0) is 15.1 Å². The van der Waals surface area contributed by atoms with Crippen molar-refractivity contribution in [1.29, 1.82) is 0 Å². The lowest BCUT2D eigenvalue weighted by molar-refractivity contribution is -0.141. The van der Waals surface area contributed by atoms with Gasteiger partial charge in [0.15, 0.2) is 0 Å². The predicted octanol–water partition coefficient (Wildman–Crippen LogP) is 3.94. The first kappa shape index (κ1) is 22.2. The molecule has 1 heterocycles. The Morgan fingerprint density at radius 1 is 1.17 bits per heavy atom. The molecule has 0 aromatic heterocycles. The first-order chi connectivity index (χ1) is 14.4. The zero-order valence-electron chi connectivity index (χ0n) is 18.0. The van der Waals surface area contributed by atoms with E-state index >= 15 is 0 Å². The Kier molecular flexibility index (Phi) is 7.10. The molecule has 1 aromatic carbocycles. The third-order valence-electron chi connectivity index (χ3n) is 6.39. The molecular formula is C23H32FN3O3. The minimum absolute atomic E-state index is 0.180. The van der Waals surface area contributed by atoms with Gasteiger partial charge in [0.2, 0.25) is 5.91 Å². The van der Waals surface area contributed by atoms with Crippen molar-refractivity contribution in [2.45, 2.75) is 76.8 Å². The second kappa shape index (κ2) is 9.58. The topological polar surface area (TPSA) is 69.7 Å². The van der Waals surface area contributed by atoms with Gasteiger partial charge in [-0.3, -0.25) is 14.5 Å². The number of unbranched alkanes of at least 4 members (excludes halogenated alkanes) is 1. The van der Waals surface area contributed by atoms with Gasteiger partial charge in [0.05, 0.1) is 0 Å². The van der Waals surface area contributed by atoms with Crippen molar-refractivity contribution in [3.05, 3.63) is 35.6 Å². The maximum Gasteiger partial charge on any atom is 0.325 e. The van der Waals surface area contributed by atoms with Crippen molar-refractivity contribution < 1.29 is 18.8 Å². The van der Waals surface area contributed by atoms with Gasteiger partial charge in [-0.2, -0.15) is 0 Å². The summed E-state index contributed by atoms with van der Waals surface area (Å²) in [5.41, 5.74) is -0.701. The summed E-state index contributed by atoms with van der Waals surface area (Å²) < 4.78 is 13.4. The SMILES string of the molecule is CCCCC1(c2ccc(F)cc2)NC(=O)N(CC(=O)N(CC)C2CCCCC2)C1=O. The van der Waals surface area contributed by atoms with Crippen molar-refractivity contribution in [3.63, 3.8) is 0 Å². The van der Waals surface area contributed by atoms with E-state index in [4.69, 9.17) is 0 Å². The first-order valence-electron chi connectivity index (χ1n) is 11.1. The molecule has 2 aliphatic rings. The van der Waals surface area contributed by atoms with Crippen LogP contribution in [0.25, 0.3) is 0 Å². The fourth-order valence-electron chi connectivity index (χ4n) is 4.71. The van der Waals surface area contributed by atoms with Crippen LogP contribution in [0.4, 0.5) is 9.18 Å². The quantitative estimate of drug-likeness (QED) is 0.651. The Balaban J connectivity index is 1.82. The molecule has 2 fully saturated rings. The molecule has 4 amide bonds. The fraction of sp³-hybridized carbons (Fsp3) is 0.609. The van der Waals surface area contributed by atoms with E-state index in [0.29, 0.717) is 24.9 Å². The fourth-order valence-corrected chi connectivity index (χ4v) is 4.71. The van der Waals surface area contributed by atoms with Gasteiger partial charge in [0.25, 0.3) is 5.91 Å². The molecule has 1 saturated carbocycles. The molecule has 6 nitrogen and oxygen atoms in total. The van der Waals surface area contributed by atoms with Crippen LogP contribution < -0.4 is 5.32 Å². The lowest BCUT2D eigenvalue weighted by Crippen LogP contribution is -2.48.